The van der Waals surface area contributed by atoms with Gasteiger partial charge in [-0.3, -0.25) is 0 Å². The SMILES string of the molecule is Cn1c(C2CCCC2)nc2cccc(Br)c21. The van der Waals surface area contributed by atoms with E-state index in [0.717, 1.165) is 9.99 Å². The molecule has 84 valence electrons. The van der Waals surface area contributed by atoms with Gasteiger partial charge in [-0.1, -0.05) is 18.9 Å². The zero-order valence-corrected chi connectivity index (χ0v) is 11.0. The summed E-state index contributed by atoms with van der Waals surface area (Å²) < 4.78 is 3.40. The molecule has 16 heavy (non-hydrogen) atoms. The summed E-state index contributed by atoms with van der Waals surface area (Å²) in [6.45, 7) is 0. The second-order valence-electron chi connectivity index (χ2n) is 4.62. The molecule has 1 heterocycles. The van der Waals surface area contributed by atoms with Crippen LogP contribution in [0.2, 0.25) is 0 Å². The van der Waals surface area contributed by atoms with Gasteiger partial charge in [-0.25, -0.2) is 4.98 Å². The highest BCUT2D eigenvalue weighted by Gasteiger charge is 2.22. The number of benzene rings is 1. The van der Waals surface area contributed by atoms with Gasteiger partial charge in [-0.15, -0.1) is 0 Å². The van der Waals surface area contributed by atoms with E-state index < -0.39 is 0 Å². The van der Waals surface area contributed by atoms with E-state index in [1.165, 1.54) is 37.0 Å². The summed E-state index contributed by atoms with van der Waals surface area (Å²) in [6.07, 6.45) is 5.31. The highest BCUT2D eigenvalue weighted by Crippen LogP contribution is 2.35. The Labute approximate surface area is 104 Å². The maximum Gasteiger partial charge on any atom is 0.112 e. The van der Waals surface area contributed by atoms with Crippen molar-refractivity contribution in [3.63, 3.8) is 0 Å². The Morgan fingerprint density at radius 2 is 2.06 bits per heavy atom. The molecule has 1 aliphatic carbocycles. The van der Waals surface area contributed by atoms with Crippen molar-refractivity contribution in [2.75, 3.05) is 0 Å². The van der Waals surface area contributed by atoms with E-state index >= 15 is 0 Å². The molecule has 1 saturated carbocycles. The van der Waals surface area contributed by atoms with Crippen LogP contribution < -0.4 is 0 Å². The van der Waals surface area contributed by atoms with Crippen molar-refractivity contribution in [3.8, 4) is 0 Å². The molecule has 0 amide bonds. The Morgan fingerprint density at radius 1 is 1.31 bits per heavy atom. The predicted octanol–water partition coefficient (Wildman–Crippen LogP) is 3.99. The molecule has 2 aromatic rings. The first-order chi connectivity index (χ1) is 7.77. The molecule has 0 bridgehead atoms. The number of rotatable bonds is 1. The zero-order valence-electron chi connectivity index (χ0n) is 9.41. The summed E-state index contributed by atoms with van der Waals surface area (Å²) >= 11 is 3.61. The van der Waals surface area contributed by atoms with E-state index in [9.17, 15) is 0 Å². The van der Waals surface area contributed by atoms with Gasteiger partial charge in [0.05, 0.1) is 11.0 Å². The molecular formula is C13H15BrN2. The number of halogens is 1. The van der Waals surface area contributed by atoms with Crippen LogP contribution in [0.15, 0.2) is 22.7 Å². The Morgan fingerprint density at radius 3 is 2.75 bits per heavy atom. The van der Waals surface area contributed by atoms with Crippen molar-refractivity contribution in [1.29, 1.82) is 0 Å². The molecule has 1 aromatic heterocycles. The highest BCUT2D eigenvalue weighted by atomic mass is 79.9. The predicted molar refractivity (Wildman–Crippen MR) is 69.6 cm³/mol. The van der Waals surface area contributed by atoms with Crippen LogP contribution in [0.25, 0.3) is 11.0 Å². The van der Waals surface area contributed by atoms with E-state index in [-0.39, 0.29) is 0 Å². The van der Waals surface area contributed by atoms with Gasteiger partial charge in [-0.2, -0.15) is 0 Å². The molecule has 3 rings (SSSR count). The Hall–Kier alpha value is -0.830. The highest BCUT2D eigenvalue weighted by molar-refractivity contribution is 9.10. The maximum absolute atomic E-state index is 4.79. The molecule has 0 unspecified atom stereocenters. The third-order valence-corrected chi connectivity index (χ3v) is 4.24. The minimum absolute atomic E-state index is 0.671. The van der Waals surface area contributed by atoms with Crippen molar-refractivity contribution in [1.82, 2.24) is 9.55 Å². The Kier molecular flexibility index (Phi) is 2.51. The van der Waals surface area contributed by atoms with Gasteiger partial charge >= 0.3 is 0 Å². The van der Waals surface area contributed by atoms with Crippen LogP contribution in [-0.4, -0.2) is 9.55 Å². The molecule has 3 heteroatoms. The fraction of sp³-hybridized carbons (Fsp3) is 0.462. The molecule has 0 saturated heterocycles. The minimum atomic E-state index is 0.671. The van der Waals surface area contributed by atoms with Gasteiger partial charge in [0.15, 0.2) is 0 Å². The molecule has 2 nitrogen and oxygen atoms in total. The first-order valence-corrected chi connectivity index (χ1v) is 6.67. The van der Waals surface area contributed by atoms with Crippen LogP contribution >= 0.6 is 15.9 Å². The number of hydrogen-bond donors (Lipinski definition) is 0. The molecule has 1 fully saturated rings. The van der Waals surface area contributed by atoms with E-state index in [2.05, 4.69) is 45.7 Å². The molecule has 0 atom stereocenters. The number of nitrogens with zero attached hydrogens (tertiary/aromatic N) is 2. The molecule has 0 N–H and O–H groups in total. The molecule has 0 radical (unpaired) electrons. The number of aromatic nitrogens is 2. The molecular weight excluding hydrogens is 264 g/mol. The van der Waals surface area contributed by atoms with Crippen molar-refractivity contribution in [3.05, 3.63) is 28.5 Å². The number of fused-ring (bicyclic) bond motifs is 1. The zero-order chi connectivity index (χ0) is 11.1. The summed E-state index contributed by atoms with van der Waals surface area (Å²) in [5, 5.41) is 0. The van der Waals surface area contributed by atoms with Crippen LogP contribution in [0.3, 0.4) is 0 Å². The lowest BCUT2D eigenvalue weighted by molar-refractivity contribution is 0.639. The van der Waals surface area contributed by atoms with E-state index in [1.54, 1.807) is 0 Å². The van der Waals surface area contributed by atoms with Crippen molar-refractivity contribution in [2.45, 2.75) is 31.6 Å². The lowest BCUT2D eigenvalue weighted by Gasteiger charge is -2.08. The van der Waals surface area contributed by atoms with E-state index in [1.807, 2.05) is 0 Å². The average molecular weight is 279 g/mol. The summed E-state index contributed by atoms with van der Waals surface area (Å²) in [5.41, 5.74) is 2.34. The van der Waals surface area contributed by atoms with Crippen molar-refractivity contribution >= 4 is 27.0 Å². The monoisotopic (exact) mass is 278 g/mol. The summed E-state index contributed by atoms with van der Waals surface area (Å²) in [5.74, 6) is 1.93. The number of hydrogen-bond acceptors (Lipinski definition) is 1. The number of aryl methyl sites for hydroxylation is 1. The normalized spacial score (nSPS) is 17.4. The first-order valence-electron chi connectivity index (χ1n) is 5.88. The molecule has 1 aromatic carbocycles. The lowest BCUT2D eigenvalue weighted by atomic mass is 10.1. The Bertz CT molecular complexity index is 524. The summed E-state index contributed by atoms with van der Waals surface area (Å²) in [6, 6.07) is 6.23. The summed E-state index contributed by atoms with van der Waals surface area (Å²) in [4.78, 5) is 4.79. The van der Waals surface area contributed by atoms with Crippen LogP contribution in [0.5, 0.6) is 0 Å². The van der Waals surface area contributed by atoms with Crippen LogP contribution in [0, 0.1) is 0 Å². The fourth-order valence-electron chi connectivity index (χ4n) is 2.79. The van der Waals surface area contributed by atoms with E-state index in [0.29, 0.717) is 5.92 Å². The maximum atomic E-state index is 4.79. The van der Waals surface area contributed by atoms with Crippen molar-refractivity contribution < 1.29 is 0 Å². The van der Waals surface area contributed by atoms with Crippen LogP contribution in [-0.2, 0) is 7.05 Å². The van der Waals surface area contributed by atoms with E-state index in [4.69, 9.17) is 4.98 Å². The second-order valence-corrected chi connectivity index (χ2v) is 5.47. The lowest BCUT2D eigenvalue weighted by Crippen LogP contribution is -2.02. The number of para-hydroxylation sites is 1. The molecule has 0 aliphatic heterocycles. The van der Waals surface area contributed by atoms with Gasteiger partial charge in [0, 0.05) is 17.4 Å². The topological polar surface area (TPSA) is 17.8 Å². The third kappa shape index (κ3) is 1.49. The Balaban J connectivity index is 2.19. The van der Waals surface area contributed by atoms with Gasteiger partial charge < -0.3 is 4.57 Å². The third-order valence-electron chi connectivity index (χ3n) is 3.60. The second kappa shape index (κ2) is 3.88. The van der Waals surface area contributed by atoms with Gasteiger partial charge in [0.1, 0.15) is 5.82 Å². The smallest absolute Gasteiger partial charge is 0.112 e. The number of imidazole rings is 1. The van der Waals surface area contributed by atoms with Crippen molar-refractivity contribution in [2.24, 2.45) is 7.05 Å². The standard InChI is InChI=1S/C13H15BrN2/c1-16-12-10(14)7-4-8-11(12)15-13(16)9-5-2-3-6-9/h4,7-9H,2-3,5-6H2,1H3. The quantitative estimate of drug-likeness (QED) is 0.771. The molecule has 0 spiro atoms. The minimum Gasteiger partial charge on any atom is -0.330 e. The van der Waals surface area contributed by atoms with Gasteiger partial charge in [-0.05, 0) is 40.9 Å². The first kappa shape index (κ1) is 10.3. The summed E-state index contributed by atoms with van der Waals surface area (Å²) in [7, 11) is 2.13. The van der Waals surface area contributed by atoms with Gasteiger partial charge in [0.2, 0.25) is 0 Å². The van der Waals surface area contributed by atoms with Crippen LogP contribution in [0.4, 0.5) is 0 Å². The van der Waals surface area contributed by atoms with Crippen LogP contribution in [0.1, 0.15) is 37.4 Å². The van der Waals surface area contributed by atoms with Gasteiger partial charge in [0.25, 0.3) is 0 Å². The molecule has 1 aliphatic rings. The largest absolute Gasteiger partial charge is 0.330 e. The average Bonchev–Trinajstić information content (AvgIpc) is 2.86. The fourth-order valence-corrected chi connectivity index (χ4v) is 3.41.